The number of para-hydroxylation sites is 2. The van der Waals surface area contributed by atoms with Crippen LogP contribution < -0.4 is 0 Å². The van der Waals surface area contributed by atoms with Gasteiger partial charge in [-0.05, 0) is 100 Å². The molecule has 57 heavy (non-hydrogen) atoms. The number of benzene rings is 7. The Morgan fingerprint density at radius 3 is 1.79 bits per heavy atom. The summed E-state index contributed by atoms with van der Waals surface area (Å²) in [6.45, 7) is 0. The minimum atomic E-state index is 0.651. The summed E-state index contributed by atoms with van der Waals surface area (Å²) in [5.41, 5.74) is 12.1. The molecule has 0 saturated carbocycles. The van der Waals surface area contributed by atoms with Crippen molar-refractivity contribution in [3.05, 3.63) is 188 Å². The number of nitrogens with zero attached hydrogens (tertiary/aromatic N) is 5. The lowest BCUT2D eigenvalue weighted by Crippen LogP contribution is -2.02. The number of hydrogen-bond acceptors (Lipinski definition) is 4. The number of fused-ring (bicyclic) bond motifs is 8. The van der Waals surface area contributed by atoms with Crippen molar-refractivity contribution in [3.8, 4) is 44.5 Å². The summed E-state index contributed by atoms with van der Waals surface area (Å²) in [7, 11) is 0. The molecular formula is C51H31N5S. The second kappa shape index (κ2) is 12.6. The van der Waals surface area contributed by atoms with Gasteiger partial charge in [0.05, 0.1) is 38.0 Å². The van der Waals surface area contributed by atoms with Gasteiger partial charge in [0.25, 0.3) is 0 Å². The number of rotatable bonds is 5. The highest BCUT2D eigenvalue weighted by Crippen LogP contribution is 2.42. The van der Waals surface area contributed by atoms with Gasteiger partial charge < -0.3 is 4.57 Å². The minimum Gasteiger partial charge on any atom is -0.309 e. The molecule has 0 aliphatic carbocycles. The highest BCUT2D eigenvalue weighted by Gasteiger charge is 2.21. The number of aromatic nitrogens is 5. The lowest BCUT2D eigenvalue weighted by Gasteiger charge is -2.10. The third kappa shape index (κ3) is 5.04. The second-order valence-electron chi connectivity index (χ2n) is 14.5. The molecular weight excluding hydrogens is 715 g/mol. The molecule has 0 fully saturated rings. The monoisotopic (exact) mass is 745 g/mol. The standard InChI is InChI=1S/C51H31N5S/c1-3-11-33(12-4-1)49-50-43(31-48(57-50)32-23-25-52-26-24-32)53-51(54-49)56-46-22-20-37(29-41(46)42-27-34-13-7-8-14-35(34)30-47(42)56)36-19-21-45-40(28-36)39-17-9-10-18-44(39)55(45)38-15-5-2-6-16-38/h1-31H. The Labute approximate surface area is 331 Å². The zero-order valence-corrected chi connectivity index (χ0v) is 31.4. The van der Waals surface area contributed by atoms with E-state index in [4.69, 9.17) is 9.97 Å². The molecule has 7 aromatic carbocycles. The molecule has 0 aliphatic rings. The Balaban J connectivity index is 1.10. The molecule has 0 N–H and O–H groups in total. The summed E-state index contributed by atoms with van der Waals surface area (Å²) < 4.78 is 5.69. The van der Waals surface area contributed by atoms with E-state index in [9.17, 15) is 0 Å². The van der Waals surface area contributed by atoms with Gasteiger partial charge in [-0.2, -0.15) is 0 Å². The van der Waals surface area contributed by atoms with E-state index in [1.165, 1.54) is 43.5 Å². The van der Waals surface area contributed by atoms with Crippen LogP contribution in [-0.4, -0.2) is 24.1 Å². The molecule has 0 atom stereocenters. The highest BCUT2D eigenvalue weighted by molar-refractivity contribution is 7.22. The van der Waals surface area contributed by atoms with E-state index in [-0.39, 0.29) is 0 Å². The van der Waals surface area contributed by atoms with Crippen molar-refractivity contribution in [2.75, 3.05) is 0 Å². The average Bonchev–Trinajstić information content (AvgIpc) is 3.96. The molecule has 12 aromatic rings. The zero-order chi connectivity index (χ0) is 37.5. The third-order valence-electron chi connectivity index (χ3n) is 11.2. The zero-order valence-electron chi connectivity index (χ0n) is 30.5. The van der Waals surface area contributed by atoms with Gasteiger partial charge >= 0.3 is 0 Å². The van der Waals surface area contributed by atoms with Gasteiger partial charge in [-0.15, -0.1) is 11.3 Å². The van der Waals surface area contributed by atoms with Crippen molar-refractivity contribution in [2.24, 2.45) is 0 Å². The number of thiophene rings is 1. The van der Waals surface area contributed by atoms with Crippen LogP contribution in [0.3, 0.4) is 0 Å². The van der Waals surface area contributed by atoms with E-state index in [0.29, 0.717) is 5.95 Å². The van der Waals surface area contributed by atoms with E-state index in [1.807, 2.05) is 18.5 Å². The van der Waals surface area contributed by atoms with Crippen molar-refractivity contribution in [1.82, 2.24) is 24.1 Å². The van der Waals surface area contributed by atoms with Crippen molar-refractivity contribution in [1.29, 1.82) is 0 Å². The molecule has 0 aliphatic heterocycles. The van der Waals surface area contributed by atoms with Gasteiger partial charge in [0.2, 0.25) is 5.95 Å². The van der Waals surface area contributed by atoms with Gasteiger partial charge in [-0.25, -0.2) is 9.97 Å². The molecule has 5 nitrogen and oxygen atoms in total. The van der Waals surface area contributed by atoms with Crippen LogP contribution >= 0.6 is 11.3 Å². The maximum absolute atomic E-state index is 5.42. The largest absolute Gasteiger partial charge is 0.309 e. The minimum absolute atomic E-state index is 0.651. The van der Waals surface area contributed by atoms with Gasteiger partial charge in [-0.1, -0.05) is 103 Å². The van der Waals surface area contributed by atoms with E-state index in [1.54, 1.807) is 11.3 Å². The fourth-order valence-electron chi connectivity index (χ4n) is 8.58. The van der Waals surface area contributed by atoms with E-state index in [2.05, 4.69) is 184 Å². The lowest BCUT2D eigenvalue weighted by atomic mass is 10.00. The summed E-state index contributed by atoms with van der Waals surface area (Å²) in [5.74, 6) is 0.651. The highest BCUT2D eigenvalue weighted by atomic mass is 32.1. The Morgan fingerprint density at radius 1 is 0.404 bits per heavy atom. The lowest BCUT2D eigenvalue weighted by molar-refractivity contribution is 1.02. The maximum Gasteiger partial charge on any atom is 0.235 e. The summed E-state index contributed by atoms with van der Waals surface area (Å²) in [6, 6.07) is 63.0. The Morgan fingerprint density at radius 2 is 1.02 bits per heavy atom. The van der Waals surface area contributed by atoms with E-state index < -0.39 is 0 Å². The Hall–Kier alpha value is -7.41. The molecule has 5 heterocycles. The van der Waals surface area contributed by atoms with Gasteiger partial charge in [0.15, 0.2) is 0 Å². The van der Waals surface area contributed by atoms with Crippen LogP contribution in [-0.2, 0) is 0 Å². The fourth-order valence-corrected chi connectivity index (χ4v) is 9.69. The second-order valence-corrected chi connectivity index (χ2v) is 15.6. The number of hydrogen-bond donors (Lipinski definition) is 0. The summed E-state index contributed by atoms with van der Waals surface area (Å²) in [6.07, 6.45) is 3.68. The van der Waals surface area contributed by atoms with Crippen LogP contribution in [0.25, 0.3) is 109 Å². The van der Waals surface area contributed by atoms with Crippen LogP contribution in [0.5, 0.6) is 0 Å². The smallest absolute Gasteiger partial charge is 0.235 e. The van der Waals surface area contributed by atoms with Crippen LogP contribution in [0.2, 0.25) is 0 Å². The van der Waals surface area contributed by atoms with E-state index >= 15 is 0 Å². The van der Waals surface area contributed by atoms with Crippen LogP contribution in [0.15, 0.2) is 188 Å². The first-order chi connectivity index (χ1) is 28.2. The summed E-state index contributed by atoms with van der Waals surface area (Å²) >= 11 is 1.72. The summed E-state index contributed by atoms with van der Waals surface area (Å²) in [4.78, 5) is 16.2. The maximum atomic E-state index is 5.42. The molecule has 0 spiro atoms. The molecule has 0 amide bonds. The predicted octanol–water partition coefficient (Wildman–Crippen LogP) is 13.4. The molecule has 0 saturated heterocycles. The molecule has 0 radical (unpaired) electrons. The first kappa shape index (κ1) is 31.9. The van der Waals surface area contributed by atoms with Crippen LogP contribution in [0.1, 0.15) is 0 Å². The van der Waals surface area contributed by atoms with Crippen molar-refractivity contribution >= 4 is 75.9 Å². The van der Waals surface area contributed by atoms with Crippen LogP contribution in [0.4, 0.5) is 0 Å². The molecule has 5 aromatic heterocycles. The third-order valence-corrected chi connectivity index (χ3v) is 12.4. The van der Waals surface area contributed by atoms with E-state index in [0.717, 1.165) is 59.6 Å². The van der Waals surface area contributed by atoms with Gasteiger partial charge in [0, 0.05) is 50.1 Å². The first-order valence-corrected chi connectivity index (χ1v) is 19.9. The van der Waals surface area contributed by atoms with Crippen molar-refractivity contribution < 1.29 is 0 Å². The molecule has 266 valence electrons. The Kier molecular flexibility index (Phi) is 7.03. The molecule has 12 rings (SSSR count). The SMILES string of the molecule is c1ccc(-c2nc(-n3c4ccc(-c5ccc6c(c5)c5ccccc5n6-c5ccccc5)cc4c4cc5ccccc5cc43)nc3cc(-c4ccncc4)sc23)cc1. The van der Waals surface area contributed by atoms with Gasteiger partial charge in [-0.3, -0.25) is 9.55 Å². The average molecular weight is 746 g/mol. The quantitative estimate of drug-likeness (QED) is 0.176. The first-order valence-electron chi connectivity index (χ1n) is 19.1. The number of pyridine rings is 1. The Bertz CT molecular complexity index is 3510. The predicted molar refractivity (Wildman–Crippen MR) is 238 cm³/mol. The van der Waals surface area contributed by atoms with Crippen LogP contribution in [0, 0.1) is 0 Å². The normalized spacial score (nSPS) is 11.9. The molecule has 0 bridgehead atoms. The topological polar surface area (TPSA) is 48.5 Å². The van der Waals surface area contributed by atoms with Gasteiger partial charge in [0.1, 0.15) is 0 Å². The fraction of sp³-hybridized carbons (Fsp3) is 0. The van der Waals surface area contributed by atoms with Crippen molar-refractivity contribution in [3.63, 3.8) is 0 Å². The summed E-state index contributed by atoms with van der Waals surface area (Å²) in [5, 5.41) is 7.18. The molecule has 6 heteroatoms. The molecule has 0 unspecified atom stereocenters. The van der Waals surface area contributed by atoms with Crippen molar-refractivity contribution in [2.45, 2.75) is 0 Å².